The van der Waals surface area contributed by atoms with Gasteiger partial charge in [0.25, 0.3) is 11.8 Å². The maximum absolute atomic E-state index is 13.0. The van der Waals surface area contributed by atoms with E-state index < -0.39 is 5.82 Å². The fraction of sp³-hybridized carbons (Fsp3) is 0.130. The highest BCUT2D eigenvalue weighted by atomic mass is 19.1. The van der Waals surface area contributed by atoms with Gasteiger partial charge in [-0.2, -0.15) is 0 Å². The van der Waals surface area contributed by atoms with Gasteiger partial charge in [0, 0.05) is 30.5 Å². The molecule has 6 heteroatoms. The number of amides is 2. The quantitative estimate of drug-likeness (QED) is 0.635. The first kappa shape index (κ1) is 20.2. The summed E-state index contributed by atoms with van der Waals surface area (Å²) in [6.45, 7) is 0.754. The topological polar surface area (TPSA) is 67.4 Å². The van der Waals surface area contributed by atoms with Crippen molar-refractivity contribution < 1.29 is 18.7 Å². The number of benzene rings is 3. The smallest absolute Gasteiger partial charge is 0.255 e. The number of carbonyl (C=O) groups is 2. The summed E-state index contributed by atoms with van der Waals surface area (Å²) >= 11 is 0. The minimum Gasteiger partial charge on any atom is -0.380 e. The van der Waals surface area contributed by atoms with Gasteiger partial charge in [0.1, 0.15) is 5.82 Å². The lowest BCUT2D eigenvalue weighted by atomic mass is 10.1. The Labute approximate surface area is 168 Å². The van der Waals surface area contributed by atoms with E-state index in [0.29, 0.717) is 30.0 Å². The van der Waals surface area contributed by atoms with Crippen molar-refractivity contribution in [1.82, 2.24) is 5.32 Å². The Kier molecular flexibility index (Phi) is 6.71. The number of methoxy groups -OCH3 is 1. The van der Waals surface area contributed by atoms with Gasteiger partial charge in [-0.25, -0.2) is 4.39 Å². The largest absolute Gasteiger partial charge is 0.380 e. The molecule has 0 aromatic heterocycles. The van der Waals surface area contributed by atoms with E-state index in [2.05, 4.69) is 10.6 Å². The molecular formula is C23H21FN2O3. The second-order valence-corrected chi connectivity index (χ2v) is 6.48. The van der Waals surface area contributed by atoms with Crippen LogP contribution in [-0.4, -0.2) is 18.9 Å². The zero-order chi connectivity index (χ0) is 20.6. The molecular weight excluding hydrogens is 371 g/mol. The molecule has 0 aliphatic rings. The summed E-state index contributed by atoms with van der Waals surface area (Å²) in [5.74, 6) is -0.920. The van der Waals surface area contributed by atoms with Gasteiger partial charge >= 0.3 is 0 Å². The van der Waals surface area contributed by atoms with Crippen LogP contribution in [0.5, 0.6) is 0 Å². The fourth-order valence-electron chi connectivity index (χ4n) is 2.82. The number of anilines is 1. The van der Waals surface area contributed by atoms with E-state index in [1.807, 2.05) is 18.2 Å². The number of ether oxygens (including phenoxy) is 1. The van der Waals surface area contributed by atoms with Crippen LogP contribution in [0, 0.1) is 5.82 Å². The SMILES string of the molecule is COCc1cccc(C(=O)NCc2cccc(NC(=O)c3ccc(F)cc3)c2)c1. The predicted molar refractivity (Wildman–Crippen MR) is 109 cm³/mol. The number of halogens is 1. The Morgan fingerprint density at radius 2 is 1.59 bits per heavy atom. The third-order valence-corrected chi connectivity index (χ3v) is 4.24. The Balaban J connectivity index is 1.61. The van der Waals surface area contributed by atoms with E-state index >= 15 is 0 Å². The van der Waals surface area contributed by atoms with Crippen molar-refractivity contribution in [3.8, 4) is 0 Å². The Hall–Kier alpha value is -3.51. The highest BCUT2D eigenvalue weighted by molar-refractivity contribution is 6.04. The van der Waals surface area contributed by atoms with E-state index in [0.717, 1.165) is 11.1 Å². The highest BCUT2D eigenvalue weighted by Gasteiger charge is 2.08. The van der Waals surface area contributed by atoms with Crippen LogP contribution in [-0.2, 0) is 17.9 Å². The molecule has 3 aromatic carbocycles. The summed E-state index contributed by atoms with van der Waals surface area (Å²) in [5.41, 5.74) is 3.27. The second-order valence-electron chi connectivity index (χ2n) is 6.48. The molecule has 0 heterocycles. The summed E-state index contributed by atoms with van der Waals surface area (Å²) in [6, 6.07) is 19.7. The first-order valence-corrected chi connectivity index (χ1v) is 9.07. The normalized spacial score (nSPS) is 10.4. The van der Waals surface area contributed by atoms with Crippen molar-refractivity contribution in [2.75, 3.05) is 12.4 Å². The van der Waals surface area contributed by atoms with Crippen LogP contribution in [0.2, 0.25) is 0 Å². The average molecular weight is 392 g/mol. The lowest BCUT2D eigenvalue weighted by Gasteiger charge is -2.10. The molecule has 3 rings (SSSR count). The standard InChI is InChI=1S/C23H21FN2O3/c1-29-15-17-5-2-6-19(12-17)22(27)25-14-16-4-3-7-21(13-16)26-23(28)18-8-10-20(24)11-9-18/h2-13H,14-15H2,1H3,(H,25,27)(H,26,28). The molecule has 148 valence electrons. The van der Waals surface area contributed by atoms with Gasteiger partial charge in [-0.1, -0.05) is 24.3 Å². The molecule has 2 amide bonds. The molecule has 0 saturated carbocycles. The van der Waals surface area contributed by atoms with Crippen LogP contribution < -0.4 is 10.6 Å². The van der Waals surface area contributed by atoms with Crippen LogP contribution in [0.1, 0.15) is 31.8 Å². The van der Waals surface area contributed by atoms with Crippen LogP contribution in [0.4, 0.5) is 10.1 Å². The second kappa shape index (κ2) is 9.61. The molecule has 0 bridgehead atoms. The van der Waals surface area contributed by atoms with Gasteiger partial charge < -0.3 is 15.4 Å². The molecule has 0 spiro atoms. The van der Waals surface area contributed by atoms with E-state index in [-0.39, 0.29) is 11.8 Å². The van der Waals surface area contributed by atoms with Crippen molar-refractivity contribution in [3.05, 3.63) is 101 Å². The van der Waals surface area contributed by atoms with Gasteiger partial charge in [-0.3, -0.25) is 9.59 Å². The first-order chi connectivity index (χ1) is 14.0. The fourth-order valence-corrected chi connectivity index (χ4v) is 2.82. The maximum atomic E-state index is 13.0. The van der Waals surface area contributed by atoms with Gasteiger partial charge in [0.05, 0.1) is 6.61 Å². The monoisotopic (exact) mass is 392 g/mol. The third-order valence-electron chi connectivity index (χ3n) is 4.24. The Morgan fingerprint density at radius 3 is 2.34 bits per heavy atom. The lowest BCUT2D eigenvalue weighted by molar-refractivity contribution is 0.0949. The van der Waals surface area contributed by atoms with Crippen LogP contribution in [0.3, 0.4) is 0 Å². The van der Waals surface area contributed by atoms with E-state index in [1.54, 1.807) is 37.4 Å². The first-order valence-electron chi connectivity index (χ1n) is 9.07. The van der Waals surface area contributed by atoms with Crippen molar-refractivity contribution in [2.24, 2.45) is 0 Å². The molecule has 29 heavy (non-hydrogen) atoms. The zero-order valence-corrected chi connectivity index (χ0v) is 15.9. The number of rotatable bonds is 7. The predicted octanol–water partition coefficient (Wildman–Crippen LogP) is 4.15. The molecule has 0 fully saturated rings. The molecule has 2 N–H and O–H groups in total. The number of hydrogen-bond donors (Lipinski definition) is 2. The lowest BCUT2D eigenvalue weighted by Crippen LogP contribution is -2.23. The molecule has 5 nitrogen and oxygen atoms in total. The maximum Gasteiger partial charge on any atom is 0.255 e. The molecule has 0 saturated heterocycles. The summed E-state index contributed by atoms with van der Waals surface area (Å²) in [7, 11) is 1.61. The van der Waals surface area contributed by atoms with E-state index in [4.69, 9.17) is 4.74 Å². The molecule has 3 aromatic rings. The summed E-state index contributed by atoms with van der Waals surface area (Å²) in [6.07, 6.45) is 0. The van der Waals surface area contributed by atoms with Gasteiger partial charge in [-0.15, -0.1) is 0 Å². The summed E-state index contributed by atoms with van der Waals surface area (Å²) in [5, 5.41) is 5.64. The number of hydrogen-bond acceptors (Lipinski definition) is 3. The van der Waals surface area contributed by atoms with E-state index in [1.165, 1.54) is 24.3 Å². The van der Waals surface area contributed by atoms with Crippen LogP contribution in [0.25, 0.3) is 0 Å². The van der Waals surface area contributed by atoms with Crippen LogP contribution >= 0.6 is 0 Å². The molecule has 0 aliphatic heterocycles. The molecule has 0 atom stereocenters. The third kappa shape index (κ3) is 5.73. The minimum atomic E-state index is -0.396. The van der Waals surface area contributed by atoms with Crippen molar-refractivity contribution in [2.45, 2.75) is 13.2 Å². The Bertz CT molecular complexity index is 1000. The minimum absolute atomic E-state index is 0.191. The summed E-state index contributed by atoms with van der Waals surface area (Å²) < 4.78 is 18.1. The number of carbonyl (C=O) groups excluding carboxylic acids is 2. The van der Waals surface area contributed by atoms with Crippen molar-refractivity contribution in [3.63, 3.8) is 0 Å². The number of nitrogens with one attached hydrogen (secondary N) is 2. The molecule has 0 aliphatic carbocycles. The Morgan fingerprint density at radius 1 is 0.862 bits per heavy atom. The molecule has 0 unspecified atom stereocenters. The van der Waals surface area contributed by atoms with Gasteiger partial charge in [0.2, 0.25) is 0 Å². The van der Waals surface area contributed by atoms with Crippen LogP contribution in [0.15, 0.2) is 72.8 Å². The van der Waals surface area contributed by atoms with Crippen molar-refractivity contribution >= 4 is 17.5 Å². The molecule has 0 radical (unpaired) electrons. The van der Waals surface area contributed by atoms with E-state index in [9.17, 15) is 14.0 Å². The van der Waals surface area contributed by atoms with Gasteiger partial charge in [-0.05, 0) is 59.7 Å². The summed E-state index contributed by atoms with van der Waals surface area (Å²) in [4.78, 5) is 24.7. The zero-order valence-electron chi connectivity index (χ0n) is 15.9. The average Bonchev–Trinajstić information content (AvgIpc) is 2.73. The van der Waals surface area contributed by atoms with Gasteiger partial charge in [0.15, 0.2) is 0 Å². The highest BCUT2D eigenvalue weighted by Crippen LogP contribution is 2.13. The van der Waals surface area contributed by atoms with Crippen molar-refractivity contribution in [1.29, 1.82) is 0 Å².